The minimum absolute atomic E-state index is 0.00215. The third kappa shape index (κ3) is 3.39. The average molecular weight is 335 g/mol. The number of rotatable bonds is 5. The van der Waals surface area contributed by atoms with Gasteiger partial charge in [-0.2, -0.15) is 0 Å². The fourth-order valence-electron chi connectivity index (χ4n) is 2.64. The van der Waals surface area contributed by atoms with Gasteiger partial charge in [-0.1, -0.05) is 0 Å². The van der Waals surface area contributed by atoms with E-state index in [1.54, 1.807) is 6.92 Å². The van der Waals surface area contributed by atoms with Crippen molar-refractivity contribution in [2.45, 2.75) is 39.2 Å². The number of nitrogens with one attached hydrogen (secondary N) is 1. The SMILES string of the molecule is CCOC(=O)c1c(NC(=O)Cn2cnnn2)sc2c1CCCC2. The van der Waals surface area contributed by atoms with E-state index in [0.29, 0.717) is 17.2 Å². The molecular formula is C14H17N5O3S. The number of thiophene rings is 1. The third-order valence-corrected chi connectivity index (χ3v) is 4.81. The number of ether oxygens (including phenoxy) is 1. The minimum Gasteiger partial charge on any atom is -0.462 e. The van der Waals surface area contributed by atoms with Crippen LogP contribution in [0.15, 0.2) is 6.33 Å². The fourth-order valence-corrected chi connectivity index (χ4v) is 3.93. The molecule has 0 unspecified atom stereocenters. The van der Waals surface area contributed by atoms with E-state index in [0.717, 1.165) is 36.1 Å². The Morgan fingerprint density at radius 1 is 1.39 bits per heavy atom. The lowest BCUT2D eigenvalue weighted by Gasteiger charge is -2.12. The Labute approximate surface area is 136 Å². The molecule has 0 radical (unpaired) electrons. The molecule has 2 heterocycles. The van der Waals surface area contributed by atoms with Crippen LogP contribution in [0.5, 0.6) is 0 Å². The van der Waals surface area contributed by atoms with Crippen molar-refractivity contribution in [2.24, 2.45) is 0 Å². The molecule has 0 saturated carbocycles. The van der Waals surface area contributed by atoms with Crippen molar-refractivity contribution < 1.29 is 14.3 Å². The fraction of sp³-hybridized carbons (Fsp3) is 0.500. The number of nitrogens with zero attached hydrogens (tertiary/aromatic N) is 4. The van der Waals surface area contributed by atoms with E-state index >= 15 is 0 Å². The minimum atomic E-state index is -0.371. The van der Waals surface area contributed by atoms with Crippen molar-refractivity contribution in [2.75, 3.05) is 11.9 Å². The third-order valence-electron chi connectivity index (χ3n) is 3.60. The number of tetrazole rings is 1. The molecule has 0 aliphatic heterocycles. The molecule has 23 heavy (non-hydrogen) atoms. The van der Waals surface area contributed by atoms with Crippen molar-refractivity contribution >= 4 is 28.2 Å². The number of carbonyl (C=O) groups excluding carboxylic acids is 2. The van der Waals surface area contributed by atoms with Crippen LogP contribution in [-0.4, -0.2) is 38.7 Å². The van der Waals surface area contributed by atoms with E-state index in [-0.39, 0.29) is 18.4 Å². The van der Waals surface area contributed by atoms with Crippen LogP contribution in [-0.2, 0) is 28.9 Å². The molecule has 0 bridgehead atoms. The topological polar surface area (TPSA) is 99.0 Å². The van der Waals surface area contributed by atoms with Gasteiger partial charge in [-0.05, 0) is 48.6 Å². The van der Waals surface area contributed by atoms with E-state index in [1.165, 1.54) is 22.3 Å². The molecule has 2 aromatic rings. The van der Waals surface area contributed by atoms with Crippen LogP contribution in [0.4, 0.5) is 5.00 Å². The summed E-state index contributed by atoms with van der Waals surface area (Å²) < 4.78 is 6.49. The van der Waals surface area contributed by atoms with Gasteiger partial charge in [0, 0.05) is 4.88 Å². The quantitative estimate of drug-likeness (QED) is 0.830. The molecule has 2 aromatic heterocycles. The zero-order valence-electron chi connectivity index (χ0n) is 12.7. The molecule has 9 heteroatoms. The van der Waals surface area contributed by atoms with E-state index in [4.69, 9.17) is 4.74 Å². The summed E-state index contributed by atoms with van der Waals surface area (Å²) in [6.45, 7) is 2.08. The average Bonchev–Trinajstić information content (AvgIpc) is 3.14. The second-order valence-electron chi connectivity index (χ2n) is 5.19. The zero-order valence-corrected chi connectivity index (χ0v) is 13.6. The highest BCUT2D eigenvalue weighted by Crippen LogP contribution is 2.38. The van der Waals surface area contributed by atoms with Crippen molar-refractivity contribution in [1.29, 1.82) is 0 Å². The first-order valence-corrected chi connectivity index (χ1v) is 8.33. The summed E-state index contributed by atoms with van der Waals surface area (Å²) >= 11 is 1.46. The normalized spacial score (nSPS) is 13.4. The van der Waals surface area contributed by atoms with Gasteiger partial charge in [0.05, 0.1) is 12.2 Å². The summed E-state index contributed by atoms with van der Waals surface area (Å²) in [5.41, 5.74) is 1.54. The first-order chi connectivity index (χ1) is 11.2. The molecule has 1 aliphatic carbocycles. The molecule has 1 amide bonds. The molecule has 0 spiro atoms. The van der Waals surface area contributed by atoms with Crippen LogP contribution in [0.1, 0.15) is 40.6 Å². The standard InChI is InChI=1S/C14H17N5O3S/c1-2-22-14(21)12-9-5-3-4-6-10(9)23-13(12)16-11(20)7-19-8-15-17-18-19/h8H,2-7H2,1H3,(H,16,20). The summed E-state index contributed by atoms with van der Waals surface area (Å²) in [6.07, 6.45) is 5.31. The number of fused-ring (bicyclic) bond motifs is 1. The van der Waals surface area contributed by atoms with Gasteiger partial charge in [-0.15, -0.1) is 16.4 Å². The second kappa shape index (κ2) is 6.86. The maximum Gasteiger partial charge on any atom is 0.341 e. The van der Waals surface area contributed by atoms with Crippen LogP contribution in [0.25, 0.3) is 0 Å². The number of anilines is 1. The summed E-state index contributed by atoms with van der Waals surface area (Å²) in [5.74, 6) is -0.647. The Kier molecular flexibility index (Phi) is 4.65. The monoisotopic (exact) mass is 335 g/mol. The lowest BCUT2D eigenvalue weighted by molar-refractivity contribution is -0.116. The second-order valence-corrected chi connectivity index (χ2v) is 6.30. The maximum absolute atomic E-state index is 12.3. The number of hydrogen-bond acceptors (Lipinski definition) is 7. The van der Waals surface area contributed by atoms with Gasteiger partial charge in [0.2, 0.25) is 5.91 Å². The largest absolute Gasteiger partial charge is 0.462 e. The van der Waals surface area contributed by atoms with Crippen LogP contribution in [0.3, 0.4) is 0 Å². The van der Waals surface area contributed by atoms with Gasteiger partial charge < -0.3 is 10.1 Å². The van der Waals surface area contributed by atoms with Crippen molar-refractivity contribution in [1.82, 2.24) is 20.2 Å². The van der Waals surface area contributed by atoms with E-state index in [1.807, 2.05) is 0 Å². The Bertz CT molecular complexity index is 710. The van der Waals surface area contributed by atoms with Gasteiger partial charge in [-0.25, -0.2) is 9.48 Å². The number of amides is 1. The Balaban J connectivity index is 1.84. The van der Waals surface area contributed by atoms with Gasteiger partial charge in [-0.3, -0.25) is 4.79 Å². The van der Waals surface area contributed by atoms with Crippen molar-refractivity contribution in [3.05, 3.63) is 22.3 Å². The number of carbonyl (C=O) groups is 2. The summed E-state index contributed by atoms with van der Waals surface area (Å²) in [7, 11) is 0. The van der Waals surface area contributed by atoms with Crippen molar-refractivity contribution in [3.8, 4) is 0 Å². The molecule has 1 aliphatic rings. The lowest BCUT2D eigenvalue weighted by Crippen LogP contribution is -2.20. The molecule has 0 fully saturated rings. The van der Waals surface area contributed by atoms with Gasteiger partial charge in [0.25, 0.3) is 0 Å². The Morgan fingerprint density at radius 2 is 2.22 bits per heavy atom. The highest BCUT2D eigenvalue weighted by atomic mass is 32.1. The Hall–Kier alpha value is -2.29. The number of hydrogen-bond donors (Lipinski definition) is 1. The van der Waals surface area contributed by atoms with Crippen molar-refractivity contribution in [3.63, 3.8) is 0 Å². The van der Waals surface area contributed by atoms with Gasteiger partial charge in [0.1, 0.15) is 17.9 Å². The first-order valence-electron chi connectivity index (χ1n) is 7.51. The number of esters is 1. The molecule has 8 nitrogen and oxygen atoms in total. The zero-order chi connectivity index (χ0) is 16.2. The number of aryl methyl sites for hydroxylation is 1. The van der Waals surface area contributed by atoms with Gasteiger partial charge >= 0.3 is 5.97 Å². The van der Waals surface area contributed by atoms with E-state index in [9.17, 15) is 9.59 Å². The van der Waals surface area contributed by atoms with E-state index in [2.05, 4.69) is 20.8 Å². The summed E-state index contributed by atoms with van der Waals surface area (Å²) in [5, 5.41) is 14.0. The molecular weight excluding hydrogens is 318 g/mol. The predicted molar refractivity (Wildman–Crippen MR) is 83.4 cm³/mol. The smallest absolute Gasteiger partial charge is 0.341 e. The first kappa shape index (κ1) is 15.6. The molecule has 0 saturated heterocycles. The highest BCUT2D eigenvalue weighted by molar-refractivity contribution is 7.17. The van der Waals surface area contributed by atoms with Crippen LogP contribution >= 0.6 is 11.3 Å². The highest BCUT2D eigenvalue weighted by Gasteiger charge is 2.27. The van der Waals surface area contributed by atoms with Gasteiger partial charge in [0.15, 0.2) is 0 Å². The summed E-state index contributed by atoms with van der Waals surface area (Å²) in [4.78, 5) is 25.6. The molecule has 3 rings (SSSR count). The predicted octanol–water partition coefficient (Wildman–Crippen LogP) is 1.43. The van der Waals surface area contributed by atoms with Crippen LogP contribution in [0, 0.1) is 0 Å². The Morgan fingerprint density at radius 3 is 2.96 bits per heavy atom. The molecule has 1 N–H and O–H groups in total. The van der Waals surface area contributed by atoms with E-state index < -0.39 is 0 Å². The lowest BCUT2D eigenvalue weighted by atomic mass is 9.95. The van der Waals surface area contributed by atoms with Crippen LogP contribution in [0.2, 0.25) is 0 Å². The molecule has 122 valence electrons. The maximum atomic E-state index is 12.3. The number of aromatic nitrogens is 4. The van der Waals surface area contributed by atoms with Crippen LogP contribution < -0.4 is 5.32 Å². The summed E-state index contributed by atoms with van der Waals surface area (Å²) in [6, 6.07) is 0. The molecule has 0 aromatic carbocycles. The molecule has 0 atom stereocenters.